The summed E-state index contributed by atoms with van der Waals surface area (Å²) in [6.07, 6.45) is 1.44. The minimum Gasteiger partial charge on any atom is -0.481 e. The van der Waals surface area contributed by atoms with Gasteiger partial charge in [0.05, 0.1) is 5.92 Å². The fourth-order valence-corrected chi connectivity index (χ4v) is 1.63. The molecule has 0 bridgehead atoms. The Kier molecular flexibility index (Phi) is 3.73. The molecule has 0 radical (unpaired) electrons. The highest BCUT2D eigenvalue weighted by Crippen LogP contribution is 2.16. The van der Waals surface area contributed by atoms with E-state index in [1.54, 1.807) is 4.90 Å². The van der Waals surface area contributed by atoms with E-state index in [0.29, 0.717) is 26.1 Å². The summed E-state index contributed by atoms with van der Waals surface area (Å²) in [4.78, 5) is 23.7. The molecule has 1 aliphatic rings. The number of carbonyl (C=O) groups is 2. The molecule has 14 heavy (non-hydrogen) atoms. The van der Waals surface area contributed by atoms with Gasteiger partial charge in [0.2, 0.25) is 0 Å². The summed E-state index contributed by atoms with van der Waals surface area (Å²) < 4.78 is 0. The van der Waals surface area contributed by atoms with E-state index in [4.69, 9.17) is 5.11 Å². The van der Waals surface area contributed by atoms with Gasteiger partial charge in [-0.25, -0.2) is 4.79 Å². The molecule has 0 saturated carbocycles. The van der Waals surface area contributed by atoms with Crippen LogP contribution in [0, 0.1) is 5.92 Å². The standard InChI is InChI=1S/C9H16N2O3/c1-2-10-9(14)11-5-3-4-7(6-11)8(12)13/h7H,2-6H2,1H3,(H,10,14)(H,12,13). The number of carboxylic acid groups (broad SMARTS) is 1. The molecular formula is C9H16N2O3. The molecule has 5 heteroatoms. The maximum Gasteiger partial charge on any atom is 0.317 e. The number of rotatable bonds is 2. The van der Waals surface area contributed by atoms with Crippen LogP contribution in [-0.4, -0.2) is 41.6 Å². The van der Waals surface area contributed by atoms with Crippen LogP contribution in [0.25, 0.3) is 0 Å². The fraction of sp³-hybridized carbons (Fsp3) is 0.778. The van der Waals surface area contributed by atoms with E-state index in [2.05, 4.69) is 5.32 Å². The monoisotopic (exact) mass is 200 g/mol. The molecule has 1 aliphatic heterocycles. The summed E-state index contributed by atoms with van der Waals surface area (Å²) in [5, 5.41) is 11.5. The van der Waals surface area contributed by atoms with E-state index in [9.17, 15) is 9.59 Å². The number of hydrogen-bond acceptors (Lipinski definition) is 2. The van der Waals surface area contributed by atoms with Crippen LogP contribution < -0.4 is 5.32 Å². The highest BCUT2D eigenvalue weighted by Gasteiger charge is 2.27. The Hall–Kier alpha value is -1.26. The smallest absolute Gasteiger partial charge is 0.317 e. The predicted octanol–water partition coefficient (Wildman–Crippen LogP) is 0.513. The number of nitrogens with one attached hydrogen (secondary N) is 1. The molecule has 1 fully saturated rings. The quantitative estimate of drug-likeness (QED) is 0.682. The first kappa shape index (κ1) is 10.8. The highest BCUT2D eigenvalue weighted by molar-refractivity contribution is 5.76. The largest absolute Gasteiger partial charge is 0.481 e. The molecule has 1 heterocycles. The predicted molar refractivity (Wildman–Crippen MR) is 51.0 cm³/mol. The lowest BCUT2D eigenvalue weighted by Gasteiger charge is -2.30. The van der Waals surface area contributed by atoms with Crippen molar-refractivity contribution in [2.24, 2.45) is 5.92 Å². The molecule has 0 aromatic carbocycles. The average Bonchev–Trinajstić information content (AvgIpc) is 2.18. The third-order valence-electron chi connectivity index (χ3n) is 2.39. The summed E-state index contributed by atoms with van der Waals surface area (Å²) in [6, 6.07) is -0.154. The van der Waals surface area contributed by atoms with E-state index in [-0.39, 0.29) is 6.03 Å². The maximum atomic E-state index is 11.4. The molecule has 1 unspecified atom stereocenters. The van der Waals surface area contributed by atoms with Crippen LogP contribution in [0.1, 0.15) is 19.8 Å². The van der Waals surface area contributed by atoms with Gasteiger partial charge in [-0.15, -0.1) is 0 Å². The lowest BCUT2D eigenvalue weighted by Crippen LogP contribution is -2.46. The number of likely N-dealkylation sites (tertiary alicyclic amines) is 1. The van der Waals surface area contributed by atoms with Crippen LogP contribution in [0.5, 0.6) is 0 Å². The number of urea groups is 1. The minimum absolute atomic E-state index is 0.154. The summed E-state index contributed by atoms with van der Waals surface area (Å²) in [6.45, 7) is 3.42. The van der Waals surface area contributed by atoms with Crippen LogP contribution in [0.4, 0.5) is 4.79 Å². The molecule has 1 atom stereocenters. The lowest BCUT2D eigenvalue weighted by atomic mass is 9.99. The lowest BCUT2D eigenvalue weighted by molar-refractivity contribution is -0.143. The van der Waals surface area contributed by atoms with Crippen molar-refractivity contribution in [2.45, 2.75) is 19.8 Å². The first-order valence-electron chi connectivity index (χ1n) is 4.90. The van der Waals surface area contributed by atoms with Gasteiger partial charge in [-0.05, 0) is 19.8 Å². The van der Waals surface area contributed by atoms with E-state index in [1.807, 2.05) is 6.92 Å². The van der Waals surface area contributed by atoms with Gasteiger partial charge in [-0.2, -0.15) is 0 Å². The Labute approximate surface area is 83.1 Å². The van der Waals surface area contributed by atoms with E-state index in [0.717, 1.165) is 6.42 Å². The Morgan fingerprint density at radius 3 is 2.86 bits per heavy atom. The molecule has 0 aromatic rings. The molecular weight excluding hydrogens is 184 g/mol. The molecule has 0 aliphatic carbocycles. The van der Waals surface area contributed by atoms with Crippen molar-refractivity contribution in [1.82, 2.24) is 10.2 Å². The zero-order valence-electron chi connectivity index (χ0n) is 8.32. The van der Waals surface area contributed by atoms with E-state index < -0.39 is 11.9 Å². The van der Waals surface area contributed by atoms with Gasteiger partial charge in [0.15, 0.2) is 0 Å². The van der Waals surface area contributed by atoms with Crippen LogP contribution >= 0.6 is 0 Å². The van der Waals surface area contributed by atoms with E-state index >= 15 is 0 Å². The van der Waals surface area contributed by atoms with Crippen molar-refractivity contribution < 1.29 is 14.7 Å². The topological polar surface area (TPSA) is 69.6 Å². The summed E-state index contributed by atoms with van der Waals surface area (Å²) in [5.41, 5.74) is 0. The normalized spacial score (nSPS) is 21.8. The van der Waals surface area contributed by atoms with Gasteiger partial charge in [-0.3, -0.25) is 4.79 Å². The zero-order valence-corrected chi connectivity index (χ0v) is 8.32. The Morgan fingerprint density at radius 2 is 2.29 bits per heavy atom. The minimum atomic E-state index is -0.806. The van der Waals surface area contributed by atoms with Crippen LogP contribution in [0.3, 0.4) is 0 Å². The van der Waals surface area contributed by atoms with Crippen LogP contribution in [-0.2, 0) is 4.79 Å². The first-order valence-corrected chi connectivity index (χ1v) is 4.90. The van der Waals surface area contributed by atoms with Crippen molar-refractivity contribution in [2.75, 3.05) is 19.6 Å². The third kappa shape index (κ3) is 2.61. The molecule has 0 aromatic heterocycles. The van der Waals surface area contributed by atoms with Gasteiger partial charge in [0.1, 0.15) is 0 Å². The highest BCUT2D eigenvalue weighted by atomic mass is 16.4. The van der Waals surface area contributed by atoms with Gasteiger partial charge >= 0.3 is 12.0 Å². The number of piperidine rings is 1. The molecule has 1 saturated heterocycles. The molecule has 80 valence electrons. The summed E-state index contributed by atoms with van der Waals surface area (Å²) >= 11 is 0. The van der Waals surface area contributed by atoms with Crippen molar-refractivity contribution in [1.29, 1.82) is 0 Å². The first-order chi connectivity index (χ1) is 6.65. The van der Waals surface area contributed by atoms with Gasteiger partial charge in [0.25, 0.3) is 0 Å². The number of carbonyl (C=O) groups excluding carboxylic acids is 1. The van der Waals surface area contributed by atoms with Crippen molar-refractivity contribution >= 4 is 12.0 Å². The number of hydrogen-bond donors (Lipinski definition) is 2. The molecule has 1 rings (SSSR count). The molecule has 0 spiro atoms. The second-order valence-electron chi connectivity index (χ2n) is 3.46. The second-order valence-corrected chi connectivity index (χ2v) is 3.46. The Bertz CT molecular complexity index is 230. The summed E-state index contributed by atoms with van der Waals surface area (Å²) in [5.74, 6) is -1.20. The fourth-order valence-electron chi connectivity index (χ4n) is 1.63. The van der Waals surface area contributed by atoms with Gasteiger partial charge in [-0.1, -0.05) is 0 Å². The average molecular weight is 200 g/mol. The van der Waals surface area contributed by atoms with Crippen molar-refractivity contribution in [3.05, 3.63) is 0 Å². The Balaban J connectivity index is 2.47. The van der Waals surface area contributed by atoms with Crippen LogP contribution in [0.2, 0.25) is 0 Å². The molecule has 2 amide bonds. The Morgan fingerprint density at radius 1 is 1.57 bits per heavy atom. The van der Waals surface area contributed by atoms with Gasteiger partial charge in [0, 0.05) is 19.6 Å². The second kappa shape index (κ2) is 4.83. The van der Waals surface area contributed by atoms with Crippen molar-refractivity contribution in [3.8, 4) is 0 Å². The summed E-state index contributed by atoms with van der Waals surface area (Å²) in [7, 11) is 0. The zero-order chi connectivity index (χ0) is 10.6. The third-order valence-corrected chi connectivity index (χ3v) is 2.39. The van der Waals surface area contributed by atoms with Crippen LogP contribution in [0.15, 0.2) is 0 Å². The maximum absolute atomic E-state index is 11.4. The SMILES string of the molecule is CCNC(=O)N1CCCC(C(=O)O)C1. The number of amides is 2. The van der Waals surface area contributed by atoms with E-state index in [1.165, 1.54) is 0 Å². The number of aliphatic carboxylic acids is 1. The number of carboxylic acids is 1. The molecule has 5 nitrogen and oxygen atoms in total. The number of nitrogens with zero attached hydrogens (tertiary/aromatic N) is 1. The van der Waals surface area contributed by atoms with Crippen molar-refractivity contribution in [3.63, 3.8) is 0 Å². The van der Waals surface area contributed by atoms with Gasteiger partial charge < -0.3 is 15.3 Å². The molecule has 2 N–H and O–H groups in total.